The molecular weight excluding hydrogens is 352 g/mol. The number of nitrogens with zero attached hydrogens (tertiary/aromatic N) is 2. The van der Waals surface area contributed by atoms with Crippen LogP contribution in [-0.2, 0) is 9.53 Å². The molecule has 7 heteroatoms. The van der Waals surface area contributed by atoms with Crippen molar-refractivity contribution in [3.8, 4) is 11.5 Å². The van der Waals surface area contributed by atoms with Crippen molar-refractivity contribution in [3.05, 3.63) is 28.7 Å². The Labute approximate surface area is 158 Å². The van der Waals surface area contributed by atoms with Gasteiger partial charge in [0.25, 0.3) is 5.91 Å². The van der Waals surface area contributed by atoms with E-state index in [-0.39, 0.29) is 18.1 Å². The zero-order chi connectivity index (χ0) is 18.7. The number of amidine groups is 1. The van der Waals surface area contributed by atoms with Crippen LogP contribution in [0.5, 0.6) is 11.5 Å². The number of hydrogen-bond donors (Lipinski definition) is 0. The molecule has 1 fully saturated rings. The van der Waals surface area contributed by atoms with Crippen molar-refractivity contribution in [1.29, 1.82) is 0 Å². The minimum Gasteiger partial charge on any atom is -0.493 e. The topological polar surface area (TPSA) is 60.4 Å². The van der Waals surface area contributed by atoms with Crippen LogP contribution < -0.4 is 9.47 Å². The molecule has 0 spiro atoms. The van der Waals surface area contributed by atoms with Gasteiger partial charge in [0.05, 0.1) is 30.8 Å². The van der Waals surface area contributed by atoms with E-state index in [1.54, 1.807) is 7.11 Å². The van der Waals surface area contributed by atoms with E-state index < -0.39 is 0 Å². The monoisotopic (exact) mass is 376 g/mol. The summed E-state index contributed by atoms with van der Waals surface area (Å²) in [6, 6.07) is 5.62. The van der Waals surface area contributed by atoms with Crippen LogP contribution in [0.15, 0.2) is 28.1 Å². The van der Waals surface area contributed by atoms with Gasteiger partial charge in [-0.05, 0) is 56.3 Å². The second-order valence-corrected chi connectivity index (χ2v) is 7.32. The van der Waals surface area contributed by atoms with Crippen LogP contribution in [0, 0.1) is 0 Å². The Kier molecular flexibility index (Phi) is 5.88. The molecule has 2 aliphatic heterocycles. The summed E-state index contributed by atoms with van der Waals surface area (Å²) in [5.74, 6) is 1.13. The van der Waals surface area contributed by atoms with Crippen molar-refractivity contribution in [2.75, 3.05) is 26.8 Å². The zero-order valence-electron chi connectivity index (χ0n) is 15.5. The van der Waals surface area contributed by atoms with Crippen LogP contribution in [0.1, 0.15) is 26.3 Å². The van der Waals surface area contributed by atoms with E-state index in [0.717, 1.165) is 23.8 Å². The Morgan fingerprint density at radius 2 is 2.04 bits per heavy atom. The van der Waals surface area contributed by atoms with Crippen LogP contribution in [0.2, 0.25) is 0 Å². The molecule has 0 aromatic heterocycles. The lowest BCUT2D eigenvalue weighted by Gasteiger charge is -2.35. The quantitative estimate of drug-likeness (QED) is 0.752. The van der Waals surface area contributed by atoms with Crippen molar-refractivity contribution in [1.82, 2.24) is 4.90 Å². The Morgan fingerprint density at radius 3 is 2.69 bits per heavy atom. The summed E-state index contributed by atoms with van der Waals surface area (Å²) < 4.78 is 16.7. The van der Waals surface area contributed by atoms with E-state index in [1.807, 2.05) is 45.0 Å². The molecule has 0 radical (unpaired) electrons. The molecule has 0 aliphatic carbocycles. The maximum absolute atomic E-state index is 12.3. The van der Waals surface area contributed by atoms with Crippen LogP contribution in [0.3, 0.4) is 0 Å². The van der Waals surface area contributed by atoms with Crippen molar-refractivity contribution in [3.63, 3.8) is 0 Å². The van der Waals surface area contributed by atoms with Crippen molar-refractivity contribution in [2.24, 2.45) is 4.99 Å². The van der Waals surface area contributed by atoms with E-state index in [2.05, 4.69) is 9.89 Å². The van der Waals surface area contributed by atoms with Crippen LogP contribution in [0.4, 0.5) is 0 Å². The lowest BCUT2D eigenvalue weighted by atomic mass is 10.2. The molecule has 0 bridgehead atoms. The second-order valence-electron chi connectivity index (χ2n) is 6.32. The highest BCUT2D eigenvalue weighted by Gasteiger charge is 2.31. The van der Waals surface area contributed by atoms with Gasteiger partial charge in [-0.15, -0.1) is 0 Å². The third kappa shape index (κ3) is 4.22. The van der Waals surface area contributed by atoms with E-state index in [4.69, 9.17) is 14.2 Å². The first-order chi connectivity index (χ1) is 12.5. The number of hydrogen-bond acceptors (Lipinski definition) is 6. The van der Waals surface area contributed by atoms with Gasteiger partial charge >= 0.3 is 0 Å². The number of carbonyl (C=O) groups is 1. The van der Waals surface area contributed by atoms with Gasteiger partial charge in [0, 0.05) is 13.1 Å². The van der Waals surface area contributed by atoms with Gasteiger partial charge in [0.1, 0.15) is 0 Å². The molecule has 3 rings (SSSR count). The predicted molar refractivity (Wildman–Crippen MR) is 104 cm³/mol. The third-order valence-electron chi connectivity index (χ3n) is 4.08. The molecule has 2 atom stereocenters. The van der Waals surface area contributed by atoms with Gasteiger partial charge in [-0.2, -0.15) is 4.99 Å². The highest BCUT2D eigenvalue weighted by atomic mass is 32.2. The Hall–Kier alpha value is -1.99. The summed E-state index contributed by atoms with van der Waals surface area (Å²) in [7, 11) is 1.60. The molecular formula is C19H24N2O4S. The molecule has 2 heterocycles. The molecule has 6 nitrogen and oxygen atoms in total. The number of aliphatic imine (C=N–C) groups is 1. The maximum Gasteiger partial charge on any atom is 0.286 e. The number of benzene rings is 1. The largest absolute Gasteiger partial charge is 0.493 e. The standard InChI is InChI=1S/C19H24N2O4S/c1-5-24-15-7-6-14(8-16(15)23-4)9-17-18(22)20-19(26-17)21-10-12(2)25-13(3)11-21/h6-9,12-13H,5,10-11H2,1-4H3/b17-9-/t12-,13-/m0/s1. The molecule has 2 aliphatic rings. The summed E-state index contributed by atoms with van der Waals surface area (Å²) in [5, 5.41) is 0.751. The summed E-state index contributed by atoms with van der Waals surface area (Å²) in [4.78, 5) is 19.3. The lowest BCUT2D eigenvalue weighted by molar-refractivity contribution is -0.113. The van der Waals surface area contributed by atoms with Gasteiger partial charge in [-0.1, -0.05) is 6.07 Å². The molecule has 140 valence electrons. The first-order valence-corrected chi connectivity index (χ1v) is 9.55. The summed E-state index contributed by atoms with van der Waals surface area (Å²) in [5.41, 5.74) is 0.876. The maximum atomic E-state index is 12.3. The first kappa shape index (κ1) is 18.8. The lowest BCUT2D eigenvalue weighted by Crippen LogP contribution is -2.47. The predicted octanol–water partition coefficient (Wildman–Crippen LogP) is 3.17. The van der Waals surface area contributed by atoms with Gasteiger partial charge < -0.3 is 19.1 Å². The summed E-state index contributed by atoms with van der Waals surface area (Å²) >= 11 is 1.41. The van der Waals surface area contributed by atoms with Crippen LogP contribution >= 0.6 is 11.8 Å². The molecule has 1 saturated heterocycles. The second kappa shape index (κ2) is 8.14. The normalized spacial score (nSPS) is 24.8. The fraction of sp³-hybridized carbons (Fsp3) is 0.474. The van der Waals surface area contributed by atoms with Crippen molar-refractivity contribution in [2.45, 2.75) is 33.0 Å². The Morgan fingerprint density at radius 1 is 1.31 bits per heavy atom. The van der Waals surface area contributed by atoms with Gasteiger partial charge in [0.2, 0.25) is 0 Å². The number of carbonyl (C=O) groups excluding carboxylic acids is 1. The molecule has 1 aromatic rings. The molecule has 1 aromatic carbocycles. The highest BCUT2D eigenvalue weighted by Crippen LogP contribution is 2.34. The van der Waals surface area contributed by atoms with E-state index in [9.17, 15) is 4.79 Å². The number of ether oxygens (including phenoxy) is 3. The highest BCUT2D eigenvalue weighted by molar-refractivity contribution is 8.18. The number of rotatable bonds is 4. The first-order valence-electron chi connectivity index (χ1n) is 8.74. The average molecular weight is 376 g/mol. The fourth-order valence-corrected chi connectivity index (χ4v) is 4.00. The molecule has 26 heavy (non-hydrogen) atoms. The SMILES string of the molecule is CCOc1ccc(/C=C2\SC(N3C[C@H](C)O[C@@H](C)C3)=NC2=O)cc1OC. The zero-order valence-corrected chi connectivity index (χ0v) is 16.3. The van der Waals surface area contributed by atoms with Gasteiger partial charge in [0.15, 0.2) is 16.7 Å². The average Bonchev–Trinajstić information content (AvgIpc) is 2.96. The van der Waals surface area contributed by atoms with Gasteiger partial charge in [-0.25, -0.2) is 0 Å². The van der Waals surface area contributed by atoms with Crippen LogP contribution in [-0.4, -0.2) is 55.0 Å². The van der Waals surface area contributed by atoms with E-state index in [1.165, 1.54) is 11.8 Å². The minimum absolute atomic E-state index is 0.126. The number of methoxy groups -OCH3 is 1. The molecule has 0 unspecified atom stereocenters. The Balaban J connectivity index is 1.76. The fourth-order valence-electron chi connectivity index (χ4n) is 3.07. The van der Waals surface area contributed by atoms with Crippen molar-refractivity contribution < 1.29 is 19.0 Å². The molecule has 0 saturated carbocycles. The van der Waals surface area contributed by atoms with Crippen molar-refractivity contribution >= 4 is 28.9 Å². The molecule has 1 amide bonds. The number of thioether (sulfide) groups is 1. The van der Waals surface area contributed by atoms with Crippen LogP contribution in [0.25, 0.3) is 6.08 Å². The smallest absolute Gasteiger partial charge is 0.286 e. The summed E-state index contributed by atoms with van der Waals surface area (Å²) in [6.07, 6.45) is 2.09. The third-order valence-corrected chi connectivity index (χ3v) is 5.13. The number of amides is 1. The Bertz CT molecular complexity index is 737. The van der Waals surface area contributed by atoms with Gasteiger partial charge in [-0.3, -0.25) is 4.79 Å². The molecule has 0 N–H and O–H groups in total. The van der Waals surface area contributed by atoms with E-state index in [0.29, 0.717) is 23.0 Å². The minimum atomic E-state index is -0.204. The van der Waals surface area contributed by atoms with E-state index >= 15 is 0 Å². The number of morpholine rings is 1. The summed E-state index contributed by atoms with van der Waals surface area (Å²) in [6.45, 7) is 8.05.